The Hall–Kier alpha value is -1.84. The van der Waals surface area contributed by atoms with E-state index in [0.717, 1.165) is 0 Å². The van der Waals surface area contributed by atoms with Crippen LogP contribution in [0.2, 0.25) is 5.02 Å². The minimum absolute atomic E-state index is 0.0235. The fourth-order valence-corrected chi connectivity index (χ4v) is 2.33. The van der Waals surface area contributed by atoms with Crippen LogP contribution in [0.5, 0.6) is 0 Å². The van der Waals surface area contributed by atoms with Gasteiger partial charge in [0.1, 0.15) is 23.1 Å². The number of aryl methyl sites for hydroxylation is 1. The van der Waals surface area contributed by atoms with E-state index in [-0.39, 0.29) is 21.8 Å². The summed E-state index contributed by atoms with van der Waals surface area (Å²) in [4.78, 5) is 18.4. The second kappa shape index (κ2) is 5.65. The van der Waals surface area contributed by atoms with Crippen LogP contribution in [0.4, 0.5) is 4.39 Å². The zero-order valence-corrected chi connectivity index (χ0v) is 12.2. The fraction of sp³-hybridized carbons (Fsp3) is 0.154. The average Bonchev–Trinajstić information content (AvgIpc) is 2.43. The number of benzene rings is 1. The quantitative estimate of drug-likeness (QED) is 0.683. The molecule has 20 heavy (non-hydrogen) atoms. The average molecular weight is 310 g/mol. The molecule has 1 N–H and O–H groups in total. The Balaban J connectivity index is 2.89. The molecule has 0 aliphatic carbocycles. The van der Waals surface area contributed by atoms with Gasteiger partial charge in [0, 0.05) is 0 Å². The van der Waals surface area contributed by atoms with E-state index in [9.17, 15) is 9.18 Å². The van der Waals surface area contributed by atoms with Gasteiger partial charge in [-0.15, -0.1) is 0 Å². The lowest BCUT2D eigenvalue weighted by atomic mass is 10.0. The minimum atomic E-state index is -0.623. The Labute approximate surface area is 123 Å². The number of aromatic amines is 1. The third kappa shape index (κ3) is 2.42. The van der Waals surface area contributed by atoms with Gasteiger partial charge in [0.05, 0.1) is 10.6 Å². The molecule has 0 aliphatic heterocycles. The Bertz CT molecular complexity index is 782. The third-order valence-electron chi connectivity index (χ3n) is 2.72. The lowest BCUT2D eigenvalue weighted by Gasteiger charge is -2.10. The predicted molar refractivity (Wildman–Crippen MR) is 76.5 cm³/mol. The van der Waals surface area contributed by atoms with Gasteiger partial charge in [-0.05, 0) is 24.8 Å². The van der Waals surface area contributed by atoms with Crippen LogP contribution in [0.3, 0.4) is 0 Å². The zero-order valence-electron chi connectivity index (χ0n) is 10.6. The van der Waals surface area contributed by atoms with Crippen LogP contribution in [0, 0.1) is 24.1 Å². The maximum Gasteiger partial charge on any atom is 0.270 e. The van der Waals surface area contributed by atoms with Crippen molar-refractivity contribution in [3.8, 4) is 17.3 Å². The van der Waals surface area contributed by atoms with Crippen molar-refractivity contribution in [3.05, 3.63) is 44.5 Å². The molecule has 0 radical (unpaired) electrons. The van der Waals surface area contributed by atoms with E-state index < -0.39 is 11.4 Å². The molecule has 7 heteroatoms. The first-order chi connectivity index (χ1) is 9.49. The van der Waals surface area contributed by atoms with E-state index in [2.05, 4.69) is 9.97 Å². The van der Waals surface area contributed by atoms with Gasteiger partial charge in [0.25, 0.3) is 5.56 Å². The number of halogens is 2. The van der Waals surface area contributed by atoms with E-state index in [1.54, 1.807) is 19.2 Å². The zero-order chi connectivity index (χ0) is 14.9. The van der Waals surface area contributed by atoms with Crippen molar-refractivity contribution in [2.75, 3.05) is 6.26 Å². The largest absolute Gasteiger partial charge is 0.300 e. The van der Waals surface area contributed by atoms with Gasteiger partial charge in [-0.1, -0.05) is 29.4 Å². The standard InChI is InChI=1S/C13H9ClFN3OS/c1-6-3-4-8(15)9(10(6)14)11-7(5-16)12(19)18-13(17-11)20-2/h3-4H,1-2H3,(H,17,18,19). The summed E-state index contributed by atoms with van der Waals surface area (Å²) in [5.41, 5.74) is -0.288. The van der Waals surface area contributed by atoms with Gasteiger partial charge in [-0.25, -0.2) is 9.37 Å². The molecule has 0 spiro atoms. The molecule has 0 unspecified atom stereocenters. The second-order valence-electron chi connectivity index (χ2n) is 3.96. The number of rotatable bonds is 2. The molecule has 1 heterocycles. The van der Waals surface area contributed by atoms with Crippen molar-refractivity contribution in [2.45, 2.75) is 12.1 Å². The van der Waals surface area contributed by atoms with Gasteiger partial charge in [0.15, 0.2) is 5.16 Å². The van der Waals surface area contributed by atoms with E-state index in [4.69, 9.17) is 16.9 Å². The number of H-pyrrole nitrogens is 1. The van der Waals surface area contributed by atoms with Crippen molar-refractivity contribution in [1.29, 1.82) is 5.26 Å². The van der Waals surface area contributed by atoms with Gasteiger partial charge in [0.2, 0.25) is 0 Å². The SMILES string of the molecule is CSc1nc(-c2c(F)ccc(C)c2Cl)c(C#N)c(=O)[nH]1. The number of nitrogens with one attached hydrogen (secondary N) is 1. The number of hydrogen-bond donors (Lipinski definition) is 1. The van der Waals surface area contributed by atoms with Crippen molar-refractivity contribution in [1.82, 2.24) is 9.97 Å². The maximum atomic E-state index is 14.0. The molecule has 0 saturated carbocycles. The summed E-state index contributed by atoms with van der Waals surface area (Å²) in [6.07, 6.45) is 1.71. The summed E-state index contributed by atoms with van der Waals surface area (Å²) in [5.74, 6) is -0.623. The Morgan fingerprint density at radius 2 is 2.20 bits per heavy atom. The van der Waals surface area contributed by atoms with Gasteiger partial charge < -0.3 is 4.98 Å². The molecule has 2 aromatic rings. The number of thioether (sulfide) groups is 1. The Morgan fingerprint density at radius 1 is 1.50 bits per heavy atom. The van der Waals surface area contributed by atoms with Crippen LogP contribution in [-0.4, -0.2) is 16.2 Å². The fourth-order valence-electron chi connectivity index (χ4n) is 1.71. The van der Waals surface area contributed by atoms with Gasteiger partial charge in [-0.2, -0.15) is 5.26 Å². The Morgan fingerprint density at radius 3 is 2.80 bits per heavy atom. The van der Waals surface area contributed by atoms with E-state index in [1.165, 1.54) is 23.9 Å². The second-order valence-corrected chi connectivity index (χ2v) is 5.14. The normalized spacial score (nSPS) is 10.3. The molecule has 0 bridgehead atoms. The molecule has 2 rings (SSSR count). The van der Waals surface area contributed by atoms with Crippen molar-refractivity contribution in [3.63, 3.8) is 0 Å². The highest BCUT2D eigenvalue weighted by molar-refractivity contribution is 7.98. The van der Waals surface area contributed by atoms with Crippen molar-refractivity contribution >= 4 is 23.4 Å². The summed E-state index contributed by atoms with van der Waals surface area (Å²) in [6.45, 7) is 1.71. The lowest BCUT2D eigenvalue weighted by molar-refractivity contribution is 0.630. The first-order valence-electron chi connectivity index (χ1n) is 5.53. The molecule has 4 nitrogen and oxygen atoms in total. The third-order valence-corrected chi connectivity index (χ3v) is 3.79. The summed E-state index contributed by atoms with van der Waals surface area (Å²) < 4.78 is 14.0. The highest BCUT2D eigenvalue weighted by Gasteiger charge is 2.20. The van der Waals surface area contributed by atoms with E-state index >= 15 is 0 Å². The van der Waals surface area contributed by atoms with Crippen LogP contribution < -0.4 is 5.56 Å². The summed E-state index contributed by atoms with van der Waals surface area (Å²) in [5, 5.41) is 9.53. The molecule has 0 aliphatic rings. The molecule has 0 saturated heterocycles. The van der Waals surface area contributed by atoms with E-state index in [1.807, 2.05) is 0 Å². The smallest absolute Gasteiger partial charge is 0.270 e. The lowest BCUT2D eigenvalue weighted by Crippen LogP contribution is -2.15. The molecule has 102 valence electrons. The molecule has 1 aromatic carbocycles. The molecule has 0 amide bonds. The molecule has 0 atom stereocenters. The number of hydrogen-bond acceptors (Lipinski definition) is 4. The number of nitriles is 1. The summed E-state index contributed by atoms with van der Waals surface area (Å²) in [7, 11) is 0. The van der Waals surface area contributed by atoms with Gasteiger partial charge in [-0.3, -0.25) is 4.79 Å². The topological polar surface area (TPSA) is 69.5 Å². The minimum Gasteiger partial charge on any atom is -0.300 e. The van der Waals surface area contributed by atoms with Crippen molar-refractivity contribution < 1.29 is 4.39 Å². The highest BCUT2D eigenvalue weighted by atomic mass is 35.5. The monoisotopic (exact) mass is 309 g/mol. The number of aromatic nitrogens is 2. The number of nitrogens with zero attached hydrogens (tertiary/aromatic N) is 2. The first-order valence-corrected chi connectivity index (χ1v) is 7.13. The first kappa shape index (κ1) is 14.6. The molecule has 1 aromatic heterocycles. The highest BCUT2D eigenvalue weighted by Crippen LogP contribution is 2.33. The van der Waals surface area contributed by atoms with Crippen molar-refractivity contribution in [2.24, 2.45) is 0 Å². The maximum absolute atomic E-state index is 14.0. The predicted octanol–water partition coefficient (Wildman–Crippen LogP) is 3.13. The molecule has 0 fully saturated rings. The van der Waals surface area contributed by atoms with Crippen LogP contribution in [0.1, 0.15) is 11.1 Å². The molecular formula is C13H9ClFN3OS. The van der Waals surface area contributed by atoms with Crippen LogP contribution >= 0.6 is 23.4 Å². The van der Waals surface area contributed by atoms with E-state index in [0.29, 0.717) is 10.7 Å². The Kier molecular flexibility index (Phi) is 4.12. The molecular weight excluding hydrogens is 301 g/mol. The van der Waals surface area contributed by atoms with Gasteiger partial charge >= 0.3 is 0 Å². The summed E-state index contributed by atoms with van der Waals surface area (Å²) >= 11 is 7.29. The summed E-state index contributed by atoms with van der Waals surface area (Å²) in [6, 6.07) is 4.51. The van der Waals surface area contributed by atoms with Crippen LogP contribution in [0.15, 0.2) is 22.1 Å². The van der Waals surface area contributed by atoms with Crippen LogP contribution in [-0.2, 0) is 0 Å². The van der Waals surface area contributed by atoms with Crippen LogP contribution in [0.25, 0.3) is 11.3 Å².